The van der Waals surface area contributed by atoms with Crippen molar-refractivity contribution in [1.29, 1.82) is 0 Å². The largest absolute Gasteiger partial charge is 0.325 e. The van der Waals surface area contributed by atoms with Gasteiger partial charge in [-0.25, -0.2) is 0 Å². The fourth-order valence-corrected chi connectivity index (χ4v) is 2.01. The van der Waals surface area contributed by atoms with Gasteiger partial charge in [0, 0.05) is 19.8 Å². The Kier molecular flexibility index (Phi) is 5.67. The molecule has 1 aromatic carbocycles. The maximum Gasteiger partial charge on any atom is 0.279 e. The second-order valence-electron chi connectivity index (χ2n) is 4.93. The normalized spacial score (nSPS) is 11.9. The Hall–Kier alpha value is -1.44. The van der Waals surface area contributed by atoms with E-state index in [0.29, 0.717) is 11.6 Å². The lowest BCUT2D eigenvalue weighted by atomic mass is 10.0. The molecule has 2 N–H and O–H groups in total. The third-order valence-corrected chi connectivity index (χ3v) is 4.23. The molecule has 0 unspecified atom stereocenters. The van der Waals surface area contributed by atoms with Crippen LogP contribution in [-0.2, 0) is 15.0 Å². The van der Waals surface area contributed by atoms with Gasteiger partial charge in [-0.05, 0) is 23.6 Å². The third kappa shape index (κ3) is 4.92. The van der Waals surface area contributed by atoms with Gasteiger partial charge >= 0.3 is 0 Å². The molecule has 0 radical (unpaired) electrons. The monoisotopic (exact) mass is 299 g/mol. The first-order valence-corrected chi connectivity index (χ1v) is 7.73. The van der Waals surface area contributed by atoms with E-state index in [4.69, 9.17) is 0 Å². The molecule has 0 heterocycles. The molecule has 0 atom stereocenters. The van der Waals surface area contributed by atoms with Crippen LogP contribution < -0.4 is 10.0 Å². The van der Waals surface area contributed by atoms with E-state index in [-0.39, 0.29) is 6.54 Å². The van der Waals surface area contributed by atoms with Gasteiger partial charge in [-0.3, -0.25) is 4.79 Å². The Morgan fingerprint density at radius 3 is 2.20 bits per heavy atom. The standard InChI is InChI=1S/C13H21N3O3S/c1-10(2)11-5-7-12(8-6-11)15-13(17)9-14-20(18,19)16(3)4/h5-8,10,14H,9H2,1-4H3,(H,15,17). The number of hydrogen-bond donors (Lipinski definition) is 2. The molecule has 0 fully saturated rings. The van der Waals surface area contributed by atoms with Crippen molar-refractivity contribution in [3.8, 4) is 0 Å². The molecule has 1 amide bonds. The van der Waals surface area contributed by atoms with Gasteiger partial charge in [0.05, 0.1) is 6.54 Å². The van der Waals surface area contributed by atoms with E-state index in [0.717, 1.165) is 4.31 Å². The molecule has 6 nitrogen and oxygen atoms in total. The predicted octanol–water partition coefficient (Wildman–Crippen LogP) is 1.14. The highest BCUT2D eigenvalue weighted by molar-refractivity contribution is 7.87. The van der Waals surface area contributed by atoms with E-state index in [9.17, 15) is 13.2 Å². The van der Waals surface area contributed by atoms with E-state index < -0.39 is 16.1 Å². The smallest absolute Gasteiger partial charge is 0.279 e. The highest BCUT2D eigenvalue weighted by Crippen LogP contribution is 2.16. The summed E-state index contributed by atoms with van der Waals surface area (Å²) in [6.07, 6.45) is 0. The van der Waals surface area contributed by atoms with Crippen LogP contribution >= 0.6 is 0 Å². The zero-order valence-corrected chi connectivity index (χ0v) is 13.0. The lowest BCUT2D eigenvalue weighted by Crippen LogP contribution is -2.40. The fourth-order valence-electron chi connectivity index (χ4n) is 1.44. The summed E-state index contributed by atoms with van der Waals surface area (Å²) in [4.78, 5) is 11.6. The minimum Gasteiger partial charge on any atom is -0.325 e. The van der Waals surface area contributed by atoms with Crippen LogP contribution in [0.25, 0.3) is 0 Å². The summed E-state index contributed by atoms with van der Waals surface area (Å²) in [6, 6.07) is 7.47. The van der Waals surface area contributed by atoms with Gasteiger partial charge in [-0.15, -0.1) is 0 Å². The van der Waals surface area contributed by atoms with Gasteiger partial charge < -0.3 is 5.32 Å². The Morgan fingerprint density at radius 2 is 1.75 bits per heavy atom. The topological polar surface area (TPSA) is 78.5 Å². The molecule has 0 bridgehead atoms. The second kappa shape index (κ2) is 6.83. The lowest BCUT2D eigenvalue weighted by molar-refractivity contribution is -0.115. The second-order valence-corrected chi connectivity index (χ2v) is 6.90. The zero-order valence-electron chi connectivity index (χ0n) is 12.2. The quantitative estimate of drug-likeness (QED) is 0.827. The number of nitrogens with one attached hydrogen (secondary N) is 2. The number of rotatable bonds is 6. The van der Waals surface area contributed by atoms with Crippen LogP contribution in [0.3, 0.4) is 0 Å². The highest BCUT2D eigenvalue weighted by Gasteiger charge is 2.14. The summed E-state index contributed by atoms with van der Waals surface area (Å²) >= 11 is 0. The molecule has 0 saturated carbocycles. The molecule has 1 rings (SSSR count). The SMILES string of the molecule is CC(C)c1ccc(NC(=O)CNS(=O)(=O)N(C)C)cc1. The van der Waals surface area contributed by atoms with Crippen molar-refractivity contribution in [2.24, 2.45) is 0 Å². The van der Waals surface area contributed by atoms with Gasteiger partial charge in [0.2, 0.25) is 5.91 Å². The Balaban J connectivity index is 2.55. The average molecular weight is 299 g/mol. The van der Waals surface area contributed by atoms with Crippen LogP contribution in [0.2, 0.25) is 0 Å². The van der Waals surface area contributed by atoms with Crippen LogP contribution in [-0.4, -0.2) is 39.3 Å². The van der Waals surface area contributed by atoms with Crippen molar-refractivity contribution < 1.29 is 13.2 Å². The van der Waals surface area contributed by atoms with Crippen LogP contribution in [0.15, 0.2) is 24.3 Å². The fraction of sp³-hybridized carbons (Fsp3) is 0.462. The van der Waals surface area contributed by atoms with Crippen molar-refractivity contribution in [3.63, 3.8) is 0 Å². The molecule has 0 aromatic heterocycles. The molecular formula is C13H21N3O3S. The van der Waals surface area contributed by atoms with E-state index in [1.807, 2.05) is 12.1 Å². The van der Waals surface area contributed by atoms with E-state index in [2.05, 4.69) is 23.9 Å². The summed E-state index contributed by atoms with van der Waals surface area (Å²) in [5, 5.41) is 2.64. The summed E-state index contributed by atoms with van der Waals surface area (Å²) < 4.78 is 26.1. The van der Waals surface area contributed by atoms with Crippen LogP contribution in [0.4, 0.5) is 5.69 Å². The Morgan fingerprint density at radius 1 is 1.20 bits per heavy atom. The molecule has 7 heteroatoms. The minimum absolute atomic E-state index is 0.299. The van der Waals surface area contributed by atoms with Crippen molar-refractivity contribution in [2.45, 2.75) is 19.8 Å². The van der Waals surface area contributed by atoms with Crippen molar-refractivity contribution >= 4 is 21.8 Å². The highest BCUT2D eigenvalue weighted by atomic mass is 32.2. The molecule has 0 aliphatic carbocycles. The van der Waals surface area contributed by atoms with E-state index >= 15 is 0 Å². The van der Waals surface area contributed by atoms with Crippen molar-refractivity contribution in [2.75, 3.05) is 26.0 Å². The number of amides is 1. The number of anilines is 1. The van der Waals surface area contributed by atoms with E-state index in [1.165, 1.54) is 19.7 Å². The average Bonchev–Trinajstić information content (AvgIpc) is 2.37. The first-order valence-electron chi connectivity index (χ1n) is 6.29. The van der Waals surface area contributed by atoms with Crippen LogP contribution in [0.1, 0.15) is 25.3 Å². The number of hydrogen-bond acceptors (Lipinski definition) is 3. The van der Waals surface area contributed by atoms with Gasteiger partial charge in [0.1, 0.15) is 0 Å². The van der Waals surface area contributed by atoms with Crippen molar-refractivity contribution in [1.82, 2.24) is 9.03 Å². The Labute approximate surface area is 120 Å². The summed E-state index contributed by atoms with van der Waals surface area (Å²) in [6.45, 7) is 3.87. The predicted molar refractivity (Wildman–Crippen MR) is 79.8 cm³/mol. The molecule has 0 saturated heterocycles. The number of carbonyl (C=O) groups is 1. The van der Waals surface area contributed by atoms with Gasteiger partial charge in [-0.2, -0.15) is 17.4 Å². The van der Waals surface area contributed by atoms with Crippen molar-refractivity contribution in [3.05, 3.63) is 29.8 Å². The molecule has 112 valence electrons. The molecule has 1 aromatic rings. The lowest BCUT2D eigenvalue weighted by Gasteiger charge is -2.12. The van der Waals surface area contributed by atoms with Crippen LogP contribution in [0.5, 0.6) is 0 Å². The summed E-state index contributed by atoms with van der Waals surface area (Å²) in [5.41, 5.74) is 1.82. The first kappa shape index (κ1) is 16.6. The number of nitrogens with zero attached hydrogens (tertiary/aromatic N) is 1. The molecule has 20 heavy (non-hydrogen) atoms. The van der Waals surface area contributed by atoms with Crippen LogP contribution in [0, 0.1) is 0 Å². The summed E-state index contributed by atoms with van der Waals surface area (Å²) in [7, 11) is -0.794. The first-order chi connectivity index (χ1) is 9.22. The van der Waals surface area contributed by atoms with Gasteiger partial charge in [0.25, 0.3) is 10.2 Å². The van der Waals surface area contributed by atoms with Gasteiger partial charge in [-0.1, -0.05) is 26.0 Å². The maximum absolute atomic E-state index is 11.6. The zero-order chi connectivity index (χ0) is 15.3. The van der Waals surface area contributed by atoms with Gasteiger partial charge in [0.15, 0.2) is 0 Å². The maximum atomic E-state index is 11.6. The summed E-state index contributed by atoms with van der Waals surface area (Å²) in [5.74, 6) is 0.0133. The number of benzene rings is 1. The third-order valence-electron chi connectivity index (χ3n) is 2.76. The van der Waals surface area contributed by atoms with E-state index in [1.54, 1.807) is 12.1 Å². The number of carbonyl (C=O) groups excluding carboxylic acids is 1. The Bertz CT molecular complexity index is 551. The molecule has 0 spiro atoms. The molecule has 0 aliphatic heterocycles. The minimum atomic E-state index is -3.58. The molecular weight excluding hydrogens is 278 g/mol. The molecule has 0 aliphatic rings.